The Bertz CT molecular complexity index is 653. The van der Waals surface area contributed by atoms with Crippen molar-refractivity contribution in [1.82, 2.24) is 14.9 Å². The van der Waals surface area contributed by atoms with Gasteiger partial charge in [0.15, 0.2) is 0 Å². The van der Waals surface area contributed by atoms with E-state index in [-0.39, 0.29) is 5.82 Å². The van der Waals surface area contributed by atoms with Gasteiger partial charge in [-0.15, -0.1) is 0 Å². The molecule has 1 N–H and O–H groups in total. The second-order valence-corrected chi connectivity index (χ2v) is 5.45. The van der Waals surface area contributed by atoms with E-state index in [0.29, 0.717) is 31.4 Å². The van der Waals surface area contributed by atoms with Crippen LogP contribution in [-0.2, 0) is 6.54 Å². The summed E-state index contributed by atoms with van der Waals surface area (Å²) in [4.78, 5) is 10.2. The molecule has 122 valence electrons. The van der Waals surface area contributed by atoms with Gasteiger partial charge < -0.3 is 14.6 Å². The van der Waals surface area contributed by atoms with Crippen LogP contribution in [-0.4, -0.2) is 52.4 Å². The van der Waals surface area contributed by atoms with Crippen LogP contribution in [0.5, 0.6) is 11.8 Å². The Morgan fingerprint density at radius 3 is 2.78 bits per heavy atom. The maximum atomic E-state index is 13.2. The van der Waals surface area contributed by atoms with E-state index in [4.69, 9.17) is 9.47 Å². The van der Waals surface area contributed by atoms with Crippen molar-refractivity contribution < 1.29 is 19.0 Å². The number of ether oxygens (including phenoxy) is 2. The van der Waals surface area contributed by atoms with Crippen LogP contribution in [0.4, 0.5) is 4.39 Å². The molecule has 2 atom stereocenters. The number of aliphatic hydroxyl groups is 1. The number of hydrogen-bond donors (Lipinski definition) is 1. The van der Waals surface area contributed by atoms with E-state index in [9.17, 15) is 9.50 Å². The molecule has 0 aliphatic carbocycles. The van der Waals surface area contributed by atoms with Gasteiger partial charge in [-0.05, 0) is 12.1 Å². The highest BCUT2D eigenvalue weighted by atomic mass is 19.1. The molecule has 0 spiro atoms. The summed E-state index contributed by atoms with van der Waals surface area (Å²) in [6.45, 7) is 1.62. The van der Waals surface area contributed by atoms with Gasteiger partial charge in [0, 0.05) is 43.7 Å². The Labute approximate surface area is 133 Å². The molecular formula is C16H18FN3O3. The first-order valence-electron chi connectivity index (χ1n) is 7.31. The second-order valence-electron chi connectivity index (χ2n) is 5.45. The molecule has 7 heteroatoms. The average molecular weight is 319 g/mol. The Kier molecular flexibility index (Phi) is 4.68. The fourth-order valence-electron chi connectivity index (χ4n) is 2.58. The predicted molar refractivity (Wildman–Crippen MR) is 80.7 cm³/mol. The number of halogens is 1. The summed E-state index contributed by atoms with van der Waals surface area (Å²) in [5.74, 6) is 0.0610. The van der Waals surface area contributed by atoms with Crippen molar-refractivity contribution in [3.8, 4) is 11.8 Å². The Hall–Kier alpha value is -2.25. The smallest absolute Gasteiger partial charge is 0.316 e. The minimum absolute atomic E-state index is 0.322. The van der Waals surface area contributed by atoms with Crippen molar-refractivity contribution in [2.24, 2.45) is 0 Å². The number of hydrogen-bond acceptors (Lipinski definition) is 6. The normalized spacial score (nSPS) is 21.3. The zero-order chi connectivity index (χ0) is 16.2. The van der Waals surface area contributed by atoms with E-state index >= 15 is 0 Å². The predicted octanol–water partition coefficient (Wildman–Crippen LogP) is 1.25. The van der Waals surface area contributed by atoms with Gasteiger partial charge in [0.25, 0.3) is 0 Å². The SMILES string of the molecule is COc1ncc(CN2C[C@@H](O)[C@H](Oc3cccc(F)c3)C2)cn1. The highest BCUT2D eigenvalue weighted by Gasteiger charge is 2.33. The number of β-amino-alcohol motifs (C(OH)–C–C–N with tert-alkyl or cyclic N) is 1. The third kappa shape index (κ3) is 3.94. The lowest BCUT2D eigenvalue weighted by atomic mass is 10.2. The van der Waals surface area contributed by atoms with Crippen LogP contribution in [0.25, 0.3) is 0 Å². The molecule has 3 rings (SSSR count). The quantitative estimate of drug-likeness (QED) is 0.894. The van der Waals surface area contributed by atoms with E-state index in [1.807, 2.05) is 4.90 Å². The molecule has 23 heavy (non-hydrogen) atoms. The van der Waals surface area contributed by atoms with Gasteiger partial charge in [0.05, 0.1) is 7.11 Å². The van der Waals surface area contributed by atoms with Crippen LogP contribution in [0.2, 0.25) is 0 Å². The molecule has 0 radical (unpaired) electrons. The monoisotopic (exact) mass is 319 g/mol. The Balaban J connectivity index is 1.59. The van der Waals surface area contributed by atoms with Crippen molar-refractivity contribution >= 4 is 0 Å². The zero-order valence-corrected chi connectivity index (χ0v) is 12.7. The Morgan fingerprint density at radius 2 is 2.09 bits per heavy atom. The number of nitrogens with zero attached hydrogens (tertiary/aromatic N) is 3. The molecule has 2 heterocycles. The van der Waals surface area contributed by atoms with E-state index in [1.54, 1.807) is 24.5 Å². The van der Waals surface area contributed by atoms with E-state index < -0.39 is 12.2 Å². The lowest BCUT2D eigenvalue weighted by molar-refractivity contribution is 0.0734. The third-order valence-electron chi connectivity index (χ3n) is 3.67. The van der Waals surface area contributed by atoms with Crippen LogP contribution in [0.15, 0.2) is 36.7 Å². The van der Waals surface area contributed by atoms with Crippen LogP contribution < -0.4 is 9.47 Å². The molecular weight excluding hydrogens is 301 g/mol. The number of benzene rings is 1. The zero-order valence-electron chi connectivity index (χ0n) is 12.7. The van der Waals surface area contributed by atoms with E-state index in [1.165, 1.54) is 19.2 Å². The molecule has 1 aliphatic heterocycles. The van der Waals surface area contributed by atoms with Crippen molar-refractivity contribution in [2.45, 2.75) is 18.8 Å². The minimum atomic E-state index is -0.627. The molecule has 0 saturated carbocycles. The fraction of sp³-hybridized carbons (Fsp3) is 0.375. The van der Waals surface area contributed by atoms with E-state index in [2.05, 4.69) is 9.97 Å². The standard InChI is InChI=1S/C16H18FN3O3/c1-22-16-18-6-11(7-19-16)8-20-9-14(21)15(10-20)23-13-4-2-3-12(17)5-13/h2-7,14-15,21H,8-10H2,1H3/t14-,15-/m1/s1. The van der Waals surface area contributed by atoms with Gasteiger partial charge in [0.2, 0.25) is 0 Å². The topological polar surface area (TPSA) is 67.7 Å². The van der Waals surface area contributed by atoms with Gasteiger partial charge in [0.1, 0.15) is 23.8 Å². The van der Waals surface area contributed by atoms with Crippen molar-refractivity contribution in [3.63, 3.8) is 0 Å². The van der Waals surface area contributed by atoms with Crippen LogP contribution in [0.1, 0.15) is 5.56 Å². The van der Waals surface area contributed by atoms with Crippen LogP contribution in [0, 0.1) is 5.82 Å². The van der Waals surface area contributed by atoms with E-state index in [0.717, 1.165) is 5.56 Å². The number of rotatable bonds is 5. The Morgan fingerprint density at radius 1 is 1.30 bits per heavy atom. The first-order chi connectivity index (χ1) is 11.1. The summed E-state index contributed by atoms with van der Waals surface area (Å²) in [6.07, 6.45) is 2.37. The summed E-state index contributed by atoms with van der Waals surface area (Å²) in [6, 6.07) is 6.25. The first-order valence-corrected chi connectivity index (χ1v) is 7.31. The molecule has 1 fully saturated rings. The molecule has 1 aromatic carbocycles. The number of likely N-dealkylation sites (tertiary alicyclic amines) is 1. The highest BCUT2D eigenvalue weighted by molar-refractivity contribution is 5.23. The van der Waals surface area contributed by atoms with Gasteiger partial charge in [-0.1, -0.05) is 6.07 Å². The van der Waals surface area contributed by atoms with Crippen molar-refractivity contribution in [1.29, 1.82) is 0 Å². The summed E-state index contributed by atoms with van der Waals surface area (Å²) in [5, 5.41) is 10.1. The summed E-state index contributed by atoms with van der Waals surface area (Å²) in [5.41, 5.74) is 0.921. The largest absolute Gasteiger partial charge is 0.486 e. The third-order valence-corrected chi connectivity index (χ3v) is 3.67. The van der Waals surface area contributed by atoms with Gasteiger partial charge in [-0.25, -0.2) is 14.4 Å². The van der Waals surface area contributed by atoms with Crippen LogP contribution in [0.3, 0.4) is 0 Å². The first kappa shape index (κ1) is 15.6. The summed E-state index contributed by atoms with van der Waals surface area (Å²) in [7, 11) is 1.51. The van der Waals surface area contributed by atoms with Gasteiger partial charge >= 0.3 is 6.01 Å². The molecule has 0 unspecified atom stereocenters. The maximum absolute atomic E-state index is 13.2. The minimum Gasteiger partial charge on any atom is -0.486 e. The number of aromatic nitrogens is 2. The molecule has 0 amide bonds. The summed E-state index contributed by atoms with van der Waals surface area (Å²) < 4.78 is 23.8. The lowest BCUT2D eigenvalue weighted by Gasteiger charge is -2.17. The lowest BCUT2D eigenvalue weighted by Crippen LogP contribution is -2.29. The summed E-state index contributed by atoms with van der Waals surface area (Å²) >= 11 is 0. The highest BCUT2D eigenvalue weighted by Crippen LogP contribution is 2.21. The van der Waals surface area contributed by atoms with Gasteiger partial charge in [-0.3, -0.25) is 4.90 Å². The van der Waals surface area contributed by atoms with Gasteiger partial charge in [-0.2, -0.15) is 0 Å². The second kappa shape index (κ2) is 6.89. The molecule has 1 saturated heterocycles. The average Bonchev–Trinajstić information content (AvgIpc) is 2.87. The maximum Gasteiger partial charge on any atom is 0.316 e. The van der Waals surface area contributed by atoms with Crippen molar-refractivity contribution in [2.75, 3.05) is 20.2 Å². The molecule has 0 bridgehead atoms. The number of methoxy groups -OCH3 is 1. The van der Waals surface area contributed by atoms with Crippen LogP contribution >= 0.6 is 0 Å². The fourth-order valence-corrected chi connectivity index (χ4v) is 2.58. The molecule has 6 nitrogen and oxygen atoms in total. The molecule has 1 aromatic heterocycles. The molecule has 1 aliphatic rings. The van der Waals surface area contributed by atoms with Crippen molar-refractivity contribution in [3.05, 3.63) is 48.0 Å². The molecule has 2 aromatic rings. The number of aliphatic hydroxyl groups excluding tert-OH is 1.